The van der Waals surface area contributed by atoms with Crippen molar-refractivity contribution in [3.05, 3.63) is 29.3 Å². The predicted octanol–water partition coefficient (Wildman–Crippen LogP) is 2.33. The van der Waals surface area contributed by atoms with E-state index in [2.05, 4.69) is 10.6 Å². The minimum Gasteiger partial charge on any atom is -0.388 e. The topological polar surface area (TPSA) is 50.4 Å². The lowest BCUT2D eigenvalue weighted by Gasteiger charge is -2.28. The van der Waals surface area contributed by atoms with Crippen LogP contribution in [0.5, 0.6) is 0 Å². The second-order valence-electron chi connectivity index (χ2n) is 5.16. The molecule has 0 aliphatic carbocycles. The van der Waals surface area contributed by atoms with E-state index in [1.807, 2.05) is 39.1 Å². The number of anilines is 1. The standard InChI is InChI=1S/C15H22N2O2/c1-10-8-12(16-3)4-5-14(10)15(18)17-13-6-7-19-11(2)9-13/h4-5,8,11,13,16H,6-7,9H2,1-3H3,(H,17,18). The molecule has 2 N–H and O–H groups in total. The van der Waals surface area contributed by atoms with Crippen LogP contribution in [-0.4, -0.2) is 31.7 Å². The number of benzene rings is 1. The van der Waals surface area contributed by atoms with Crippen LogP contribution in [0.15, 0.2) is 18.2 Å². The van der Waals surface area contributed by atoms with Crippen LogP contribution in [0.3, 0.4) is 0 Å². The average Bonchev–Trinajstić information content (AvgIpc) is 2.38. The van der Waals surface area contributed by atoms with Gasteiger partial charge in [0.25, 0.3) is 5.91 Å². The van der Waals surface area contributed by atoms with Gasteiger partial charge in [0, 0.05) is 30.9 Å². The molecule has 19 heavy (non-hydrogen) atoms. The van der Waals surface area contributed by atoms with E-state index in [9.17, 15) is 4.79 Å². The molecule has 1 saturated heterocycles. The Kier molecular flexibility index (Phi) is 4.43. The normalized spacial score (nSPS) is 22.9. The summed E-state index contributed by atoms with van der Waals surface area (Å²) in [5.74, 6) is 0.0132. The number of rotatable bonds is 3. The molecule has 4 nitrogen and oxygen atoms in total. The molecule has 0 saturated carbocycles. The number of nitrogens with one attached hydrogen (secondary N) is 2. The van der Waals surface area contributed by atoms with E-state index in [0.29, 0.717) is 0 Å². The Labute approximate surface area is 114 Å². The molecule has 1 aromatic carbocycles. The van der Waals surface area contributed by atoms with Crippen molar-refractivity contribution in [1.29, 1.82) is 0 Å². The highest BCUT2D eigenvalue weighted by Crippen LogP contribution is 2.17. The smallest absolute Gasteiger partial charge is 0.251 e. The third kappa shape index (κ3) is 3.47. The Morgan fingerprint density at radius 1 is 1.42 bits per heavy atom. The lowest BCUT2D eigenvalue weighted by Crippen LogP contribution is -2.41. The van der Waals surface area contributed by atoms with Gasteiger partial charge in [0.2, 0.25) is 0 Å². The van der Waals surface area contributed by atoms with Crippen LogP contribution in [0.2, 0.25) is 0 Å². The molecule has 1 heterocycles. The Morgan fingerprint density at radius 3 is 2.84 bits per heavy atom. The van der Waals surface area contributed by atoms with Gasteiger partial charge in [-0.15, -0.1) is 0 Å². The Balaban J connectivity index is 2.03. The molecule has 1 aromatic rings. The first-order chi connectivity index (χ1) is 9.10. The van der Waals surface area contributed by atoms with Crippen molar-refractivity contribution >= 4 is 11.6 Å². The molecular weight excluding hydrogens is 240 g/mol. The number of amides is 1. The highest BCUT2D eigenvalue weighted by molar-refractivity contribution is 5.96. The third-order valence-corrected chi connectivity index (χ3v) is 3.58. The summed E-state index contributed by atoms with van der Waals surface area (Å²) in [6.07, 6.45) is 2.01. The van der Waals surface area contributed by atoms with Crippen LogP contribution in [0.25, 0.3) is 0 Å². The first-order valence-electron chi connectivity index (χ1n) is 6.81. The van der Waals surface area contributed by atoms with Crippen molar-refractivity contribution in [2.45, 2.75) is 38.8 Å². The Morgan fingerprint density at radius 2 is 2.21 bits per heavy atom. The summed E-state index contributed by atoms with van der Waals surface area (Å²) in [6.45, 7) is 4.73. The molecule has 0 bridgehead atoms. The van der Waals surface area contributed by atoms with E-state index in [-0.39, 0.29) is 18.1 Å². The molecule has 104 valence electrons. The lowest BCUT2D eigenvalue weighted by molar-refractivity contribution is 0.0136. The molecule has 2 unspecified atom stereocenters. The number of ether oxygens (including phenoxy) is 1. The van der Waals surface area contributed by atoms with Crippen molar-refractivity contribution in [2.24, 2.45) is 0 Å². The summed E-state index contributed by atoms with van der Waals surface area (Å²) in [5.41, 5.74) is 2.76. The number of hydrogen-bond donors (Lipinski definition) is 2. The van der Waals surface area contributed by atoms with Gasteiger partial charge in [0.05, 0.1) is 6.10 Å². The molecule has 0 spiro atoms. The van der Waals surface area contributed by atoms with Crippen LogP contribution in [-0.2, 0) is 4.74 Å². The molecule has 1 fully saturated rings. The number of carbonyl (C=O) groups excluding carboxylic acids is 1. The number of aryl methyl sites for hydroxylation is 1. The minimum absolute atomic E-state index is 0.0132. The fraction of sp³-hybridized carbons (Fsp3) is 0.533. The maximum absolute atomic E-state index is 12.3. The highest BCUT2D eigenvalue weighted by Gasteiger charge is 2.21. The fourth-order valence-corrected chi connectivity index (χ4v) is 2.47. The van der Waals surface area contributed by atoms with Gasteiger partial charge in [-0.2, -0.15) is 0 Å². The van der Waals surface area contributed by atoms with E-state index in [1.54, 1.807) is 0 Å². The highest BCUT2D eigenvalue weighted by atomic mass is 16.5. The van der Waals surface area contributed by atoms with Crippen molar-refractivity contribution in [1.82, 2.24) is 5.32 Å². The van der Waals surface area contributed by atoms with E-state index in [1.165, 1.54) is 0 Å². The predicted molar refractivity (Wildman–Crippen MR) is 76.6 cm³/mol. The number of hydrogen-bond acceptors (Lipinski definition) is 3. The number of carbonyl (C=O) groups is 1. The Hall–Kier alpha value is -1.55. The summed E-state index contributed by atoms with van der Waals surface area (Å²) < 4.78 is 5.49. The van der Waals surface area contributed by atoms with Crippen LogP contribution < -0.4 is 10.6 Å². The second kappa shape index (κ2) is 6.06. The quantitative estimate of drug-likeness (QED) is 0.879. The summed E-state index contributed by atoms with van der Waals surface area (Å²) in [5, 5.41) is 6.18. The molecular formula is C15H22N2O2. The first kappa shape index (κ1) is 13.9. The Bertz CT molecular complexity index is 459. The van der Waals surface area contributed by atoms with Crippen LogP contribution in [0.1, 0.15) is 35.7 Å². The SMILES string of the molecule is CNc1ccc(C(=O)NC2CCOC(C)C2)c(C)c1. The molecule has 0 radical (unpaired) electrons. The molecule has 1 amide bonds. The van der Waals surface area contributed by atoms with E-state index >= 15 is 0 Å². The summed E-state index contributed by atoms with van der Waals surface area (Å²) in [7, 11) is 1.87. The summed E-state index contributed by atoms with van der Waals surface area (Å²) >= 11 is 0. The van der Waals surface area contributed by atoms with Crippen LogP contribution in [0, 0.1) is 6.92 Å². The maximum atomic E-state index is 12.3. The van der Waals surface area contributed by atoms with Gasteiger partial charge in [0.15, 0.2) is 0 Å². The average molecular weight is 262 g/mol. The zero-order valence-electron chi connectivity index (χ0n) is 11.8. The molecule has 2 rings (SSSR count). The van der Waals surface area contributed by atoms with Gasteiger partial charge in [0.1, 0.15) is 0 Å². The van der Waals surface area contributed by atoms with Crippen molar-refractivity contribution in [2.75, 3.05) is 19.0 Å². The van der Waals surface area contributed by atoms with E-state index in [4.69, 9.17) is 4.74 Å². The second-order valence-corrected chi connectivity index (χ2v) is 5.16. The lowest BCUT2D eigenvalue weighted by atomic mass is 10.0. The van der Waals surface area contributed by atoms with Crippen LogP contribution >= 0.6 is 0 Å². The summed E-state index contributed by atoms with van der Waals surface area (Å²) in [6, 6.07) is 6.01. The van der Waals surface area contributed by atoms with Gasteiger partial charge in [-0.05, 0) is 50.5 Å². The van der Waals surface area contributed by atoms with E-state index in [0.717, 1.165) is 36.3 Å². The van der Waals surface area contributed by atoms with Gasteiger partial charge in [-0.25, -0.2) is 0 Å². The molecule has 2 atom stereocenters. The van der Waals surface area contributed by atoms with Gasteiger partial charge in [-0.3, -0.25) is 4.79 Å². The van der Waals surface area contributed by atoms with Crippen molar-refractivity contribution in [3.63, 3.8) is 0 Å². The molecule has 1 aliphatic rings. The fourth-order valence-electron chi connectivity index (χ4n) is 2.47. The van der Waals surface area contributed by atoms with Gasteiger partial charge < -0.3 is 15.4 Å². The van der Waals surface area contributed by atoms with E-state index < -0.39 is 0 Å². The van der Waals surface area contributed by atoms with Gasteiger partial charge in [-0.1, -0.05) is 0 Å². The molecule has 4 heteroatoms. The molecule has 0 aromatic heterocycles. The minimum atomic E-state index is 0.0132. The van der Waals surface area contributed by atoms with Crippen molar-refractivity contribution < 1.29 is 9.53 Å². The van der Waals surface area contributed by atoms with Crippen molar-refractivity contribution in [3.8, 4) is 0 Å². The zero-order valence-corrected chi connectivity index (χ0v) is 11.8. The zero-order chi connectivity index (χ0) is 13.8. The third-order valence-electron chi connectivity index (χ3n) is 3.58. The maximum Gasteiger partial charge on any atom is 0.251 e. The summed E-state index contributed by atoms with van der Waals surface area (Å²) in [4.78, 5) is 12.3. The molecule has 1 aliphatic heterocycles. The first-order valence-corrected chi connectivity index (χ1v) is 6.81. The largest absolute Gasteiger partial charge is 0.388 e. The monoisotopic (exact) mass is 262 g/mol. The van der Waals surface area contributed by atoms with Crippen LogP contribution in [0.4, 0.5) is 5.69 Å². The van der Waals surface area contributed by atoms with Gasteiger partial charge >= 0.3 is 0 Å².